The molecule has 2 saturated carbocycles. The number of nitrogens with two attached hydrogens (primary N) is 1. The molecular weight excluding hydrogens is 349 g/mol. The minimum atomic E-state index is 0. The Balaban J connectivity index is 0.00000104. The summed E-state index contributed by atoms with van der Waals surface area (Å²) in [6.07, 6.45) is 4.85. The molecule has 5 unspecified atom stereocenters. The topological polar surface area (TPSA) is 58.8 Å². The molecular formula is C17H31Cl2N3O2. The van der Waals surface area contributed by atoms with E-state index in [-0.39, 0.29) is 36.8 Å². The monoisotopic (exact) mass is 379 g/mol. The van der Waals surface area contributed by atoms with Crippen LogP contribution in [-0.4, -0.2) is 67.7 Å². The maximum absolute atomic E-state index is 12.9. The summed E-state index contributed by atoms with van der Waals surface area (Å²) in [6.45, 7) is 6.76. The van der Waals surface area contributed by atoms with E-state index in [0.717, 1.165) is 45.9 Å². The van der Waals surface area contributed by atoms with Crippen molar-refractivity contribution in [3.05, 3.63) is 0 Å². The van der Waals surface area contributed by atoms with Crippen molar-refractivity contribution in [1.29, 1.82) is 0 Å². The van der Waals surface area contributed by atoms with Gasteiger partial charge in [-0.25, -0.2) is 0 Å². The van der Waals surface area contributed by atoms with E-state index in [4.69, 9.17) is 10.5 Å². The van der Waals surface area contributed by atoms with Gasteiger partial charge in [0.05, 0.1) is 12.5 Å². The third-order valence-electron chi connectivity index (χ3n) is 6.49. The molecule has 2 bridgehead atoms. The first-order chi connectivity index (χ1) is 10.7. The summed E-state index contributed by atoms with van der Waals surface area (Å²) in [5.74, 6) is 2.35. The molecule has 2 aliphatic carbocycles. The van der Waals surface area contributed by atoms with E-state index in [1.165, 1.54) is 25.7 Å². The molecule has 2 aliphatic heterocycles. The molecule has 1 amide bonds. The van der Waals surface area contributed by atoms with E-state index in [9.17, 15) is 4.79 Å². The molecule has 7 heteroatoms. The summed E-state index contributed by atoms with van der Waals surface area (Å²) in [7, 11) is 0. The average molecular weight is 380 g/mol. The maximum Gasteiger partial charge on any atom is 0.227 e. The number of carbonyl (C=O) groups is 1. The standard InChI is InChI=1S/C17H29N3O2.2ClH/c18-16-14-2-1-13(9-14)15(16)17(21)20-6-4-19(5-7-20)10-12-3-8-22-11-12;;/h12-16H,1-11,18H2;2*1H. The number of piperazine rings is 1. The van der Waals surface area contributed by atoms with Gasteiger partial charge in [0.15, 0.2) is 0 Å². The first kappa shape index (κ1) is 20.2. The number of hydrogen-bond donors (Lipinski definition) is 1. The molecule has 4 rings (SSSR count). The fraction of sp³-hybridized carbons (Fsp3) is 0.941. The van der Waals surface area contributed by atoms with Crippen LogP contribution in [0.25, 0.3) is 0 Å². The lowest BCUT2D eigenvalue weighted by Crippen LogP contribution is -2.54. The van der Waals surface area contributed by atoms with E-state index in [1.807, 2.05) is 0 Å². The minimum Gasteiger partial charge on any atom is -0.381 e. The molecule has 0 radical (unpaired) electrons. The lowest BCUT2D eigenvalue weighted by molar-refractivity contribution is -0.139. The number of carbonyl (C=O) groups excluding carboxylic acids is 1. The molecule has 0 aromatic rings. The second-order valence-corrected chi connectivity index (χ2v) is 7.79. The van der Waals surface area contributed by atoms with Crippen LogP contribution in [-0.2, 0) is 9.53 Å². The van der Waals surface area contributed by atoms with Crippen LogP contribution in [0.3, 0.4) is 0 Å². The summed E-state index contributed by atoms with van der Waals surface area (Å²) in [6, 6.07) is 0.125. The van der Waals surface area contributed by atoms with Crippen LogP contribution in [0.2, 0.25) is 0 Å². The van der Waals surface area contributed by atoms with Gasteiger partial charge < -0.3 is 15.4 Å². The molecule has 5 atom stereocenters. The number of rotatable bonds is 3. The fourth-order valence-electron chi connectivity index (χ4n) is 5.16. The van der Waals surface area contributed by atoms with E-state index >= 15 is 0 Å². The maximum atomic E-state index is 12.9. The molecule has 0 aromatic heterocycles. The zero-order valence-electron chi connectivity index (χ0n) is 14.3. The minimum absolute atomic E-state index is 0. The van der Waals surface area contributed by atoms with Crippen LogP contribution >= 0.6 is 24.8 Å². The average Bonchev–Trinajstić information content (AvgIpc) is 3.24. The zero-order valence-corrected chi connectivity index (χ0v) is 15.9. The Morgan fingerprint density at radius 1 is 1.04 bits per heavy atom. The van der Waals surface area contributed by atoms with E-state index in [1.54, 1.807) is 0 Å². The molecule has 24 heavy (non-hydrogen) atoms. The van der Waals surface area contributed by atoms with Gasteiger partial charge in [-0.1, -0.05) is 0 Å². The Morgan fingerprint density at radius 3 is 2.33 bits per heavy atom. The number of amides is 1. The first-order valence-corrected chi connectivity index (χ1v) is 9.07. The quantitative estimate of drug-likeness (QED) is 0.804. The molecule has 2 N–H and O–H groups in total. The van der Waals surface area contributed by atoms with E-state index in [2.05, 4.69) is 9.80 Å². The molecule has 140 valence electrons. The summed E-state index contributed by atoms with van der Waals surface area (Å²) in [4.78, 5) is 17.5. The van der Waals surface area contributed by atoms with Crippen molar-refractivity contribution in [3.63, 3.8) is 0 Å². The van der Waals surface area contributed by atoms with Gasteiger partial charge >= 0.3 is 0 Å². The Labute approximate surface area is 157 Å². The smallest absolute Gasteiger partial charge is 0.227 e. The molecule has 4 fully saturated rings. The molecule has 2 saturated heterocycles. The van der Waals surface area contributed by atoms with Gasteiger partial charge in [-0.2, -0.15) is 0 Å². The van der Waals surface area contributed by atoms with Crippen LogP contribution in [0, 0.1) is 23.7 Å². The van der Waals surface area contributed by atoms with Crippen LogP contribution in [0.15, 0.2) is 0 Å². The third kappa shape index (κ3) is 3.85. The fourth-order valence-corrected chi connectivity index (χ4v) is 5.16. The van der Waals surface area contributed by atoms with Crippen molar-refractivity contribution >= 4 is 30.7 Å². The predicted octanol–water partition coefficient (Wildman–Crippen LogP) is 1.38. The van der Waals surface area contributed by atoms with Crippen molar-refractivity contribution in [2.45, 2.75) is 31.7 Å². The van der Waals surface area contributed by atoms with Gasteiger partial charge in [-0.05, 0) is 43.4 Å². The van der Waals surface area contributed by atoms with Gasteiger partial charge in [0, 0.05) is 45.4 Å². The van der Waals surface area contributed by atoms with Crippen molar-refractivity contribution in [3.8, 4) is 0 Å². The van der Waals surface area contributed by atoms with Gasteiger partial charge in [0.2, 0.25) is 5.91 Å². The number of nitrogens with zero attached hydrogens (tertiary/aromatic N) is 2. The Bertz CT molecular complexity index is 424. The first-order valence-electron chi connectivity index (χ1n) is 9.07. The Morgan fingerprint density at radius 2 is 1.75 bits per heavy atom. The summed E-state index contributed by atoms with van der Waals surface area (Å²) >= 11 is 0. The summed E-state index contributed by atoms with van der Waals surface area (Å²) in [5.41, 5.74) is 6.34. The molecule has 2 heterocycles. The SMILES string of the molecule is Cl.Cl.NC1C2CCC(C2)C1C(=O)N1CCN(CC2CCOC2)CC1. The highest BCUT2D eigenvalue weighted by molar-refractivity contribution is 5.85. The van der Waals surface area contributed by atoms with E-state index in [0.29, 0.717) is 23.7 Å². The second-order valence-electron chi connectivity index (χ2n) is 7.79. The van der Waals surface area contributed by atoms with Gasteiger partial charge in [-0.3, -0.25) is 9.69 Å². The van der Waals surface area contributed by atoms with Crippen molar-refractivity contribution in [2.75, 3.05) is 45.9 Å². The Hall–Kier alpha value is -0.0700. The van der Waals surface area contributed by atoms with Gasteiger partial charge in [0.1, 0.15) is 0 Å². The lowest BCUT2D eigenvalue weighted by Gasteiger charge is -2.39. The highest BCUT2D eigenvalue weighted by Crippen LogP contribution is 2.48. The predicted molar refractivity (Wildman–Crippen MR) is 98.7 cm³/mol. The lowest BCUT2D eigenvalue weighted by atomic mass is 9.84. The highest BCUT2D eigenvalue weighted by Gasteiger charge is 2.50. The molecule has 4 aliphatic rings. The van der Waals surface area contributed by atoms with Gasteiger partial charge in [0.25, 0.3) is 0 Å². The molecule has 0 aromatic carbocycles. The second kappa shape index (κ2) is 8.54. The van der Waals surface area contributed by atoms with Crippen LogP contribution in [0.1, 0.15) is 25.7 Å². The molecule has 0 spiro atoms. The largest absolute Gasteiger partial charge is 0.381 e. The van der Waals surface area contributed by atoms with Crippen LogP contribution < -0.4 is 5.73 Å². The third-order valence-corrected chi connectivity index (χ3v) is 6.49. The normalized spacial score (nSPS) is 38.7. The summed E-state index contributed by atoms with van der Waals surface area (Å²) in [5, 5.41) is 0. The van der Waals surface area contributed by atoms with Crippen LogP contribution in [0.5, 0.6) is 0 Å². The van der Waals surface area contributed by atoms with Gasteiger partial charge in [-0.15, -0.1) is 24.8 Å². The van der Waals surface area contributed by atoms with Crippen LogP contribution in [0.4, 0.5) is 0 Å². The van der Waals surface area contributed by atoms with Crippen molar-refractivity contribution in [1.82, 2.24) is 9.80 Å². The van der Waals surface area contributed by atoms with E-state index < -0.39 is 0 Å². The number of ether oxygens (including phenoxy) is 1. The Kier molecular flexibility index (Phi) is 7.21. The van der Waals surface area contributed by atoms with Crippen molar-refractivity contribution < 1.29 is 9.53 Å². The number of hydrogen-bond acceptors (Lipinski definition) is 4. The molecule has 5 nitrogen and oxygen atoms in total. The zero-order chi connectivity index (χ0) is 15.1. The van der Waals surface area contributed by atoms with Crippen molar-refractivity contribution in [2.24, 2.45) is 29.4 Å². The highest BCUT2D eigenvalue weighted by atomic mass is 35.5. The number of fused-ring (bicyclic) bond motifs is 2. The number of halogens is 2. The summed E-state index contributed by atoms with van der Waals surface area (Å²) < 4.78 is 5.46.